The van der Waals surface area contributed by atoms with E-state index in [9.17, 15) is 14.4 Å². The molecule has 0 heterocycles. The third-order valence-electron chi connectivity index (χ3n) is 3.22. The summed E-state index contributed by atoms with van der Waals surface area (Å²) in [6.45, 7) is 4.19. The van der Waals surface area contributed by atoms with E-state index in [4.69, 9.17) is 0 Å². The van der Waals surface area contributed by atoms with Crippen molar-refractivity contribution in [2.45, 2.75) is 32.7 Å². The standard InChI is InChI=1S/C17H23NO5/c1-11(2)8-12-6-5-7-13(9-12)16(20)18-14(17(21)23-4)10-15(19)22-3/h5-7,9,11,14H,8,10H2,1-4H3,(H,18,20)/t14-/m0/s1. The Morgan fingerprint density at radius 1 is 1.13 bits per heavy atom. The van der Waals surface area contributed by atoms with Crippen LogP contribution in [0.1, 0.15) is 36.2 Å². The summed E-state index contributed by atoms with van der Waals surface area (Å²) in [5.74, 6) is -1.26. The summed E-state index contributed by atoms with van der Waals surface area (Å²) in [5.41, 5.74) is 1.47. The normalized spacial score (nSPS) is 11.7. The molecule has 0 saturated carbocycles. The van der Waals surface area contributed by atoms with Crippen molar-refractivity contribution in [3.8, 4) is 0 Å². The highest BCUT2D eigenvalue weighted by Crippen LogP contribution is 2.11. The average Bonchev–Trinajstić information content (AvgIpc) is 2.52. The van der Waals surface area contributed by atoms with E-state index in [0.717, 1.165) is 12.0 Å². The molecule has 1 amide bonds. The Labute approximate surface area is 136 Å². The van der Waals surface area contributed by atoms with E-state index in [2.05, 4.69) is 28.6 Å². The monoisotopic (exact) mass is 321 g/mol. The summed E-state index contributed by atoms with van der Waals surface area (Å²) in [4.78, 5) is 35.4. The van der Waals surface area contributed by atoms with Crippen molar-refractivity contribution in [2.75, 3.05) is 14.2 Å². The van der Waals surface area contributed by atoms with E-state index in [1.165, 1.54) is 14.2 Å². The second-order valence-corrected chi connectivity index (χ2v) is 5.63. The Kier molecular flexibility index (Phi) is 7.25. The van der Waals surface area contributed by atoms with E-state index < -0.39 is 23.9 Å². The second-order valence-electron chi connectivity index (χ2n) is 5.63. The predicted octanol–water partition coefficient (Wildman–Crippen LogP) is 1.72. The molecule has 0 aliphatic rings. The van der Waals surface area contributed by atoms with Crippen molar-refractivity contribution < 1.29 is 23.9 Å². The number of nitrogens with one attached hydrogen (secondary N) is 1. The molecule has 0 bridgehead atoms. The zero-order valence-electron chi connectivity index (χ0n) is 13.9. The molecule has 23 heavy (non-hydrogen) atoms. The summed E-state index contributed by atoms with van der Waals surface area (Å²) in [5, 5.41) is 2.52. The van der Waals surface area contributed by atoms with Crippen LogP contribution in [0.15, 0.2) is 24.3 Å². The largest absolute Gasteiger partial charge is 0.469 e. The molecule has 0 radical (unpaired) electrons. The highest BCUT2D eigenvalue weighted by molar-refractivity contribution is 5.97. The number of ether oxygens (including phenoxy) is 2. The van der Waals surface area contributed by atoms with Crippen molar-refractivity contribution in [1.82, 2.24) is 5.32 Å². The molecule has 1 atom stereocenters. The van der Waals surface area contributed by atoms with Gasteiger partial charge in [0.2, 0.25) is 0 Å². The van der Waals surface area contributed by atoms with Crippen LogP contribution >= 0.6 is 0 Å². The first-order chi connectivity index (χ1) is 10.9. The first-order valence-corrected chi connectivity index (χ1v) is 7.41. The van der Waals surface area contributed by atoms with E-state index in [0.29, 0.717) is 11.5 Å². The van der Waals surface area contributed by atoms with E-state index in [-0.39, 0.29) is 6.42 Å². The lowest BCUT2D eigenvalue weighted by atomic mass is 10.0. The van der Waals surface area contributed by atoms with E-state index in [1.807, 2.05) is 6.07 Å². The van der Waals surface area contributed by atoms with Crippen LogP contribution in [-0.2, 0) is 25.5 Å². The van der Waals surface area contributed by atoms with Crippen LogP contribution in [0.5, 0.6) is 0 Å². The minimum absolute atomic E-state index is 0.277. The number of esters is 2. The first kappa shape index (κ1) is 18.7. The highest BCUT2D eigenvalue weighted by atomic mass is 16.5. The zero-order chi connectivity index (χ0) is 17.4. The predicted molar refractivity (Wildman–Crippen MR) is 84.9 cm³/mol. The van der Waals surface area contributed by atoms with Gasteiger partial charge < -0.3 is 14.8 Å². The van der Waals surface area contributed by atoms with Crippen LogP contribution in [0.4, 0.5) is 0 Å². The molecular formula is C17H23NO5. The highest BCUT2D eigenvalue weighted by Gasteiger charge is 2.25. The molecular weight excluding hydrogens is 298 g/mol. The van der Waals surface area contributed by atoms with Crippen LogP contribution in [0.3, 0.4) is 0 Å². The Hall–Kier alpha value is -2.37. The molecule has 0 unspecified atom stereocenters. The van der Waals surface area contributed by atoms with Crippen LogP contribution in [-0.4, -0.2) is 38.1 Å². The number of rotatable bonds is 7. The molecule has 6 heteroatoms. The molecule has 0 saturated heterocycles. The summed E-state index contributed by atoms with van der Waals surface area (Å²) >= 11 is 0. The van der Waals surface area contributed by atoms with Gasteiger partial charge in [-0.05, 0) is 30.0 Å². The Morgan fingerprint density at radius 2 is 1.83 bits per heavy atom. The number of methoxy groups -OCH3 is 2. The molecule has 6 nitrogen and oxygen atoms in total. The Morgan fingerprint density at radius 3 is 2.39 bits per heavy atom. The van der Waals surface area contributed by atoms with Crippen LogP contribution < -0.4 is 5.32 Å². The van der Waals surface area contributed by atoms with Crippen LogP contribution in [0, 0.1) is 5.92 Å². The summed E-state index contributed by atoms with van der Waals surface area (Å²) in [6, 6.07) is 6.10. The lowest BCUT2D eigenvalue weighted by Crippen LogP contribution is -2.43. The van der Waals surface area contributed by atoms with E-state index in [1.54, 1.807) is 18.2 Å². The molecule has 1 aromatic carbocycles. The van der Waals surface area contributed by atoms with Crippen molar-refractivity contribution in [3.63, 3.8) is 0 Å². The van der Waals surface area contributed by atoms with Crippen molar-refractivity contribution >= 4 is 17.8 Å². The molecule has 0 aliphatic carbocycles. The third kappa shape index (κ3) is 6.10. The smallest absolute Gasteiger partial charge is 0.328 e. The molecule has 0 aliphatic heterocycles. The van der Waals surface area contributed by atoms with Gasteiger partial charge in [-0.15, -0.1) is 0 Å². The van der Waals surface area contributed by atoms with Gasteiger partial charge in [0.05, 0.1) is 20.6 Å². The molecule has 1 aromatic rings. The maximum absolute atomic E-state index is 12.3. The molecule has 1 rings (SSSR count). The summed E-state index contributed by atoms with van der Waals surface area (Å²) < 4.78 is 9.14. The van der Waals surface area contributed by atoms with Crippen molar-refractivity contribution in [2.24, 2.45) is 5.92 Å². The fourth-order valence-electron chi connectivity index (χ4n) is 2.14. The zero-order valence-corrected chi connectivity index (χ0v) is 13.9. The van der Waals surface area contributed by atoms with Crippen LogP contribution in [0.25, 0.3) is 0 Å². The third-order valence-corrected chi connectivity index (χ3v) is 3.22. The van der Waals surface area contributed by atoms with Gasteiger partial charge in [0.1, 0.15) is 6.04 Å². The average molecular weight is 321 g/mol. The van der Waals surface area contributed by atoms with Gasteiger partial charge in [0.15, 0.2) is 0 Å². The van der Waals surface area contributed by atoms with E-state index >= 15 is 0 Å². The number of carbonyl (C=O) groups is 3. The number of hydrogen-bond donors (Lipinski definition) is 1. The second kappa shape index (κ2) is 8.92. The lowest BCUT2D eigenvalue weighted by Gasteiger charge is -2.16. The van der Waals surface area contributed by atoms with Crippen molar-refractivity contribution in [1.29, 1.82) is 0 Å². The van der Waals surface area contributed by atoms with Crippen molar-refractivity contribution in [3.05, 3.63) is 35.4 Å². The van der Waals surface area contributed by atoms with Gasteiger partial charge in [0, 0.05) is 5.56 Å². The van der Waals surface area contributed by atoms with Crippen LogP contribution in [0.2, 0.25) is 0 Å². The Balaban J connectivity index is 2.85. The fourth-order valence-corrected chi connectivity index (χ4v) is 2.14. The maximum atomic E-state index is 12.3. The molecule has 0 aromatic heterocycles. The van der Waals surface area contributed by atoms with Gasteiger partial charge in [-0.3, -0.25) is 9.59 Å². The SMILES string of the molecule is COC(=O)C[C@H](NC(=O)c1cccc(CC(C)C)c1)C(=O)OC. The quantitative estimate of drug-likeness (QED) is 0.773. The lowest BCUT2D eigenvalue weighted by molar-refractivity contribution is -0.149. The summed E-state index contributed by atoms with van der Waals surface area (Å²) in [6.07, 6.45) is 0.574. The molecule has 0 spiro atoms. The maximum Gasteiger partial charge on any atom is 0.328 e. The minimum atomic E-state index is -1.08. The topological polar surface area (TPSA) is 81.7 Å². The summed E-state index contributed by atoms with van der Waals surface area (Å²) in [7, 11) is 2.41. The van der Waals surface area contributed by atoms with Gasteiger partial charge in [-0.25, -0.2) is 4.79 Å². The first-order valence-electron chi connectivity index (χ1n) is 7.41. The number of hydrogen-bond acceptors (Lipinski definition) is 5. The molecule has 1 N–H and O–H groups in total. The van der Waals surface area contributed by atoms with Gasteiger partial charge in [0.25, 0.3) is 5.91 Å². The number of amides is 1. The number of carbonyl (C=O) groups excluding carboxylic acids is 3. The minimum Gasteiger partial charge on any atom is -0.469 e. The fraction of sp³-hybridized carbons (Fsp3) is 0.471. The molecule has 126 valence electrons. The molecule has 0 fully saturated rings. The Bertz CT molecular complexity index is 568. The van der Waals surface area contributed by atoms with Gasteiger partial charge in [-0.1, -0.05) is 26.0 Å². The number of benzene rings is 1. The van der Waals surface area contributed by atoms with Gasteiger partial charge in [-0.2, -0.15) is 0 Å². The van der Waals surface area contributed by atoms with Gasteiger partial charge >= 0.3 is 11.9 Å².